The largest absolute Gasteiger partial charge is 0.478 e. The normalized spacial score (nSPS) is 17.2. The molecule has 1 aliphatic carbocycles. The van der Waals surface area contributed by atoms with Gasteiger partial charge in [0.25, 0.3) is 0 Å². The van der Waals surface area contributed by atoms with E-state index in [0.717, 1.165) is 32.1 Å². The molecule has 0 aliphatic heterocycles. The van der Waals surface area contributed by atoms with E-state index in [9.17, 15) is 9.59 Å². The molecule has 1 aromatic carbocycles. The molecule has 4 N–H and O–H groups in total. The topological polar surface area (TPSA) is 92.4 Å². The van der Waals surface area contributed by atoms with Gasteiger partial charge in [-0.15, -0.1) is 0 Å². The highest BCUT2D eigenvalue weighted by Crippen LogP contribution is 2.37. The summed E-state index contributed by atoms with van der Waals surface area (Å²) in [6.07, 6.45) is 4.79. The quantitative estimate of drug-likeness (QED) is 0.774. The van der Waals surface area contributed by atoms with Crippen LogP contribution in [0.25, 0.3) is 0 Å². The Morgan fingerprint density at radius 2 is 1.95 bits per heavy atom. The SMILES string of the molecule is NCC1(C(=O)Nc2ccc(C(=O)O)cc2Br)CCCCC1. The second kappa shape index (κ2) is 6.58. The molecule has 6 heteroatoms. The molecule has 0 unspecified atom stereocenters. The Bertz CT molecular complexity index is 554. The van der Waals surface area contributed by atoms with E-state index in [2.05, 4.69) is 21.2 Å². The van der Waals surface area contributed by atoms with Crippen LogP contribution in [0.1, 0.15) is 42.5 Å². The lowest BCUT2D eigenvalue weighted by Gasteiger charge is -2.34. The van der Waals surface area contributed by atoms with Crippen LogP contribution in [0.2, 0.25) is 0 Å². The predicted molar refractivity (Wildman–Crippen MR) is 84.3 cm³/mol. The van der Waals surface area contributed by atoms with Crippen molar-refractivity contribution in [1.29, 1.82) is 0 Å². The van der Waals surface area contributed by atoms with Gasteiger partial charge in [-0.1, -0.05) is 19.3 Å². The van der Waals surface area contributed by atoms with E-state index in [4.69, 9.17) is 10.8 Å². The van der Waals surface area contributed by atoms with Crippen LogP contribution in [0.4, 0.5) is 5.69 Å². The lowest BCUT2D eigenvalue weighted by molar-refractivity contribution is -0.126. The standard InChI is InChI=1S/C15H19BrN2O3/c16-11-8-10(13(19)20)4-5-12(11)18-14(21)15(9-17)6-2-1-3-7-15/h4-5,8H,1-3,6-7,9,17H2,(H,18,21)(H,19,20). The Morgan fingerprint density at radius 1 is 1.29 bits per heavy atom. The third-order valence-corrected chi connectivity index (χ3v) is 4.80. The molecule has 0 aromatic heterocycles. The number of hydrogen-bond donors (Lipinski definition) is 3. The van der Waals surface area contributed by atoms with E-state index in [1.54, 1.807) is 6.07 Å². The summed E-state index contributed by atoms with van der Waals surface area (Å²) in [5.74, 6) is -1.08. The van der Waals surface area contributed by atoms with E-state index < -0.39 is 11.4 Å². The Kier molecular flexibility index (Phi) is 5.00. The van der Waals surface area contributed by atoms with E-state index in [1.165, 1.54) is 12.1 Å². The Balaban J connectivity index is 2.17. The molecule has 0 bridgehead atoms. The minimum Gasteiger partial charge on any atom is -0.478 e. The number of benzene rings is 1. The molecule has 1 aliphatic rings. The highest BCUT2D eigenvalue weighted by molar-refractivity contribution is 9.10. The smallest absolute Gasteiger partial charge is 0.335 e. The van der Waals surface area contributed by atoms with Gasteiger partial charge in [0.2, 0.25) is 5.91 Å². The molecule has 1 saturated carbocycles. The fourth-order valence-corrected chi connectivity index (χ4v) is 3.23. The van der Waals surface area contributed by atoms with Gasteiger partial charge in [0, 0.05) is 11.0 Å². The van der Waals surface area contributed by atoms with Crippen LogP contribution in [0, 0.1) is 5.41 Å². The Labute approximate surface area is 132 Å². The first-order valence-corrected chi connectivity index (χ1v) is 7.82. The number of amides is 1. The van der Waals surface area contributed by atoms with Gasteiger partial charge < -0.3 is 16.2 Å². The van der Waals surface area contributed by atoms with Gasteiger partial charge in [0.05, 0.1) is 16.7 Å². The number of carboxylic acids is 1. The highest BCUT2D eigenvalue weighted by atomic mass is 79.9. The van der Waals surface area contributed by atoms with Crippen molar-refractivity contribution < 1.29 is 14.7 Å². The molecule has 1 amide bonds. The van der Waals surface area contributed by atoms with Crippen molar-refractivity contribution in [3.05, 3.63) is 28.2 Å². The number of halogens is 1. The summed E-state index contributed by atoms with van der Waals surface area (Å²) >= 11 is 3.30. The fraction of sp³-hybridized carbons (Fsp3) is 0.467. The molecule has 0 atom stereocenters. The van der Waals surface area contributed by atoms with Crippen molar-refractivity contribution in [2.45, 2.75) is 32.1 Å². The van der Waals surface area contributed by atoms with Gasteiger partial charge in [-0.2, -0.15) is 0 Å². The zero-order chi connectivity index (χ0) is 15.5. The van der Waals surface area contributed by atoms with Crippen LogP contribution in [-0.2, 0) is 4.79 Å². The van der Waals surface area contributed by atoms with Crippen LogP contribution in [0.5, 0.6) is 0 Å². The van der Waals surface area contributed by atoms with E-state index in [-0.39, 0.29) is 11.5 Å². The summed E-state index contributed by atoms with van der Waals surface area (Å²) in [5, 5.41) is 11.8. The Hall–Kier alpha value is -1.40. The van der Waals surface area contributed by atoms with Gasteiger partial charge in [-0.05, 0) is 47.0 Å². The number of carbonyl (C=O) groups is 2. The first-order valence-electron chi connectivity index (χ1n) is 7.03. The maximum Gasteiger partial charge on any atom is 0.335 e. The molecule has 0 radical (unpaired) electrons. The van der Waals surface area contributed by atoms with Gasteiger partial charge in [-0.3, -0.25) is 4.79 Å². The molecule has 1 fully saturated rings. The van der Waals surface area contributed by atoms with Crippen molar-refractivity contribution in [3.8, 4) is 0 Å². The number of hydrogen-bond acceptors (Lipinski definition) is 3. The molecule has 2 rings (SSSR count). The van der Waals surface area contributed by atoms with Crippen LogP contribution in [0.3, 0.4) is 0 Å². The summed E-state index contributed by atoms with van der Waals surface area (Å²) < 4.78 is 0.554. The van der Waals surface area contributed by atoms with Crippen molar-refractivity contribution in [2.75, 3.05) is 11.9 Å². The van der Waals surface area contributed by atoms with Crippen LogP contribution < -0.4 is 11.1 Å². The molecule has 5 nitrogen and oxygen atoms in total. The summed E-state index contributed by atoms with van der Waals surface area (Å²) in [6.45, 7) is 0.337. The lowest BCUT2D eigenvalue weighted by atomic mass is 9.73. The summed E-state index contributed by atoms with van der Waals surface area (Å²) in [4.78, 5) is 23.5. The molecule has 114 valence electrons. The minimum atomic E-state index is -1.00. The van der Waals surface area contributed by atoms with Crippen molar-refractivity contribution in [3.63, 3.8) is 0 Å². The minimum absolute atomic E-state index is 0.0755. The van der Waals surface area contributed by atoms with Crippen LogP contribution in [0.15, 0.2) is 22.7 Å². The number of nitrogens with two attached hydrogens (primary N) is 1. The molecular weight excluding hydrogens is 336 g/mol. The zero-order valence-electron chi connectivity index (χ0n) is 11.7. The zero-order valence-corrected chi connectivity index (χ0v) is 13.3. The van der Waals surface area contributed by atoms with Crippen molar-refractivity contribution in [2.24, 2.45) is 11.1 Å². The number of rotatable bonds is 4. The maximum atomic E-state index is 12.6. The second-order valence-electron chi connectivity index (χ2n) is 5.50. The van der Waals surface area contributed by atoms with Crippen LogP contribution in [-0.4, -0.2) is 23.5 Å². The molecule has 0 saturated heterocycles. The molecule has 21 heavy (non-hydrogen) atoms. The number of carbonyl (C=O) groups excluding carboxylic acids is 1. The number of aromatic carboxylic acids is 1. The van der Waals surface area contributed by atoms with Gasteiger partial charge in [-0.25, -0.2) is 4.79 Å². The van der Waals surface area contributed by atoms with Gasteiger partial charge >= 0.3 is 5.97 Å². The number of carboxylic acid groups (broad SMARTS) is 1. The van der Waals surface area contributed by atoms with E-state index in [1.807, 2.05) is 0 Å². The first kappa shape index (κ1) is 16.0. The highest BCUT2D eigenvalue weighted by Gasteiger charge is 2.38. The second-order valence-corrected chi connectivity index (χ2v) is 6.35. The third kappa shape index (κ3) is 3.44. The lowest BCUT2D eigenvalue weighted by Crippen LogP contribution is -2.43. The monoisotopic (exact) mass is 354 g/mol. The van der Waals surface area contributed by atoms with Crippen LogP contribution >= 0.6 is 15.9 Å². The molecule has 1 aromatic rings. The van der Waals surface area contributed by atoms with Gasteiger partial charge in [0.1, 0.15) is 0 Å². The Morgan fingerprint density at radius 3 is 2.48 bits per heavy atom. The average Bonchev–Trinajstić information content (AvgIpc) is 2.49. The van der Waals surface area contributed by atoms with E-state index >= 15 is 0 Å². The summed E-state index contributed by atoms with van der Waals surface area (Å²) in [7, 11) is 0. The first-order chi connectivity index (χ1) is 9.98. The average molecular weight is 355 g/mol. The van der Waals surface area contributed by atoms with Gasteiger partial charge in [0.15, 0.2) is 0 Å². The predicted octanol–water partition coefficient (Wildman–Crippen LogP) is 3.00. The molecule has 0 spiro atoms. The fourth-order valence-electron chi connectivity index (χ4n) is 2.76. The van der Waals surface area contributed by atoms with E-state index in [0.29, 0.717) is 16.7 Å². The maximum absolute atomic E-state index is 12.6. The summed E-state index contributed by atoms with van der Waals surface area (Å²) in [5.41, 5.74) is 6.09. The summed E-state index contributed by atoms with van der Waals surface area (Å²) in [6, 6.07) is 4.55. The third-order valence-electron chi connectivity index (χ3n) is 4.15. The molecular formula is C15H19BrN2O3. The van der Waals surface area contributed by atoms with Crippen molar-refractivity contribution >= 4 is 33.5 Å². The van der Waals surface area contributed by atoms with Crippen molar-refractivity contribution in [1.82, 2.24) is 0 Å². The molecule has 0 heterocycles. The number of nitrogens with one attached hydrogen (secondary N) is 1. The number of anilines is 1.